The third kappa shape index (κ3) is 49.9. The molecular formula is C92H149N5O33S. The van der Waals surface area contributed by atoms with Crippen LogP contribution in [0.5, 0.6) is 11.5 Å². The van der Waals surface area contributed by atoms with Gasteiger partial charge in [-0.15, -0.1) is 5.06 Å². The van der Waals surface area contributed by atoms with Crippen LogP contribution in [-0.4, -0.2) is 396 Å². The van der Waals surface area contributed by atoms with Gasteiger partial charge < -0.3 is 138 Å². The van der Waals surface area contributed by atoms with Crippen molar-refractivity contribution in [3.05, 3.63) is 63.7 Å². The van der Waals surface area contributed by atoms with E-state index in [0.717, 1.165) is 22.9 Å². The number of amides is 3. The number of carbonyl (C=O) groups is 4. The number of nitriles is 1. The number of ether oxygens (including phenoxy) is 25. The number of fused-ring (bicyclic) bond motifs is 4. The van der Waals surface area contributed by atoms with Crippen molar-refractivity contribution in [2.75, 3.05) is 348 Å². The number of nitrogens with zero attached hydrogens (tertiary/aromatic N) is 4. The second kappa shape index (κ2) is 71.2. The zero-order valence-corrected chi connectivity index (χ0v) is 79.3. The Morgan fingerprint density at radius 3 is 1.16 bits per heavy atom. The van der Waals surface area contributed by atoms with E-state index >= 15 is 0 Å². The molecule has 6 rings (SSSR count). The summed E-state index contributed by atoms with van der Waals surface area (Å²) in [5.74, 6) is -1.60. The first-order valence-corrected chi connectivity index (χ1v) is 47.8. The van der Waals surface area contributed by atoms with Crippen molar-refractivity contribution in [3.63, 3.8) is 0 Å². The van der Waals surface area contributed by atoms with Crippen LogP contribution in [0, 0.1) is 11.3 Å². The summed E-state index contributed by atoms with van der Waals surface area (Å²) in [6.07, 6.45) is 9.10. The number of imide groups is 1. The summed E-state index contributed by atoms with van der Waals surface area (Å²) in [6, 6.07) is 10.0. The maximum Gasteiger partial charge on any atom is 0.333 e. The Morgan fingerprint density at radius 2 is 0.802 bits per heavy atom. The van der Waals surface area contributed by atoms with Gasteiger partial charge in [-0.25, -0.2) is 17.8 Å². The van der Waals surface area contributed by atoms with Crippen LogP contribution in [0.1, 0.15) is 122 Å². The Labute approximate surface area is 773 Å². The van der Waals surface area contributed by atoms with Crippen molar-refractivity contribution in [1.29, 1.82) is 5.26 Å². The Kier molecular flexibility index (Phi) is 61.7. The van der Waals surface area contributed by atoms with Crippen molar-refractivity contribution in [1.82, 2.24) is 15.0 Å². The second-order valence-corrected chi connectivity index (χ2v) is 32.8. The molecule has 0 bridgehead atoms. The van der Waals surface area contributed by atoms with E-state index < -0.39 is 44.7 Å². The molecule has 4 heterocycles. The lowest BCUT2D eigenvalue weighted by molar-refractivity contribution is -0.197. The summed E-state index contributed by atoms with van der Waals surface area (Å²) in [7, 11) is -3.08. The summed E-state index contributed by atoms with van der Waals surface area (Å²) >= 11 is 0. The van der Waals surface area contributed by atoms with Gasteiger partial charge in [-0.05, 0) is 75.3 Å². The fourth-order valence-electron chi connectivity index (χ4n) is 13.9. The fourth-order valence-corrected chi connectivity index (χ4v) is 14.6. The molecule has 746 valence electrons. The zero-order valence-electron chi connectivity index (χ0n) is 78.5. The van der Waals surface area contributed by atoms with Gasteiger partial charge in [-0.1, -0.05) is 19.4 Å². The number of hydrogen-bond donors (Lipinski definition) is 1. The van der Waals surface area contributed by atoms with E-state index in [1.807, 2.05) is 38.1 Å². The SMILES string of the molecule is CCC1=CC(C)(C)[N+](CCCCCC(=O)ON2C(=O)CCC2=O)=c2cc3c(cc21)=C(C#N)c1cc2c(cc1O3)N(CCCCCC(=O)NCCOCCOCCOCCOCCOCCOCCOCCOCCOCCOCCOCCOCCOCCOCCOCCOCCOCCOCCOCCOCCOCCOCCOCCOC)C(C)(C)C=C2CS(=O)(=O)[O-]. The predicted molar refractivity (Wildman–Crippen MR) is 481 cm³/mol. The van der Waals surface area contributed by atoms with Crippen LogP contribution in [0.25, 0.3) is 16.7 Å². The van der Waals surface area contributed by atoms with E-state index in [9.17, 15) is 37.4 Å². The highest BCUT2D eigenvalue weighted by Crippen LogP contribution is 2.46. The molecule has 0 spiro atoms. The number of hydroxylamine groups is 2. The van der Waals surface area contributed by atoms with E-state index in [4.69, 9.17) is 123 Å². The minimum atomic E-state index is -4.72. The normalized spacial score (nSPS) is 14.5. The van der Waals surface area contributed by atoms with Crippen molar-refractivity contribution >= 4 is 56.2 Å². The molecule has 2 aromatic rings. The quantitative estimate of drug-likeness (QED) is 0.0394. The molecule has 3 amide bonds. The summed E-state index contributed by atoms with van der Waals surface area (Å²) in [4.78, 5) is 56.5. The van der Waals surface area contributed by atoms with Crippen molar-refractivity contribution in [2.24, 2.45) is 0 Å². The minimum Gasteiger partial charge on any atom is -0.748 e. The molecule has 0 aromatic heterocycles. The Morgan fingerprint density at radius 1 is 0.443 bits per heavy atom. The number of methoxy groups -OCH3 is 1. The van der Waals surface area contributed by atoms with Gasteiger partial charge in [0, 0.05) is 99.8 Å². The third-order valence-electron chi connectivity index (χ3n) is 20.4. The molecule has 0 atom stereocenters. The standard InChI is InChI=1S/C92H149N5O33S/c1-7-76-72-91(2,3)95(20-13-9-11-15-90(101)130-97-88(99)16-17-89(97)100)83-70-85-80(68-78(76)83)82(74-93)81-69-79-77(75-131(102,103)104)73-92(4,5)96(84(79)71-86(81)129-85)19-12-8-10-14-87(98)94-18-21-106-24-25-108-28-29-110-32-33-112-36-37-114-40-41-116-44-45-118-48-49-120-52-53-122-56-57-124-60-61-126-64-65-128-67-66-127-63-62-125-59-58-123-55-54-121-51-50-119-47-46-117-43-42-115-39-38-113-35-34-111-31-30-109-27-26-107-23-22-105-6/h68-73H,7-67,75H2,1-6H3,(H-,94,98,102,103,104). The average molecular weight is 1890 g/mol. The summed E-state index contributed by atoms with van der Waals surface area (Å²) in [5.41, 5.74) is 3.23. The van der Waals surface area contributed by atoms with Crippen LogP contribution in [-0.2, 0) is 148 Å². The number of anilines is 1. The number of carbonyl (C=O) groups excluding carboxylic acids is 4. The number of rotatable bonds is 88. The second-order valence-electron chi connectivity index (χ2n) is 31.4. The molecular weight excluding hydrogens is 1740 g/mol. The van der Waals surface area contributed by atoms with Crippen LogP contribution in [0.4, 0.5) is 5.69 Å². The molecule has 1 saturated heterocycles. The number of unbranched alkanes of at least 4 members (excludes halogenated alkanes) is 4. The van der Waals surface area contributed by atoms with Crippen LogP contribution >= 0.6 is 0 Å². The largest absolute Gasteiger partial charge is 0.748 e. The first-order chi connectivity index (χ1) is 63.9. The predicted octanol–water partition coefficient (Wildman–Crippen LogP) is 4.99. The van der Waals surface area contributed by atoms with Gasteiger partial charge in [0.25, 0.3) is 11.8 Å². The van der Waals surface area contributed by atoms with Gasteiger partial charge in [0.15, 0.2) is 5.54 Å². The van der Waals surface area contributed by atoms with Crippen LogP contribution in [0.2, 0.25) is 0 Å². The first kappa shape index (κ1) is 113. The van der Waals surface area contributed by atoms with Crippen molar-refractivity contribution < 1.29 is 155 Å². The number of hydrogen-bond acceptors (Lipinski definition) is 35. The minimum absolute atomic E-state index is 0.0273. The van der Waals surface area contributed by atoms with Crippen molar-refractivity contribution in [3.8, 4) is 17.6 Å². The van der Waals surface area contributed by atoms with Crippen LogP contribution in [0.15, 0.2) is 36.4 Å². The maximum atomic E-state index is 12.8. The molecule has 131 heavy (non-hydrogen) atoms. The molecule has 2 aromatic carbocycles. The maximum absolute atomic E-state index is 12.8. The molecule has 0 unspecified atom stereocenters. The van der Waals surface area contributed by atoms with E-state index in [1.165, 1.54) is 0 Å². The lowest BCUT2D eigenvalue weighted by Gasteiger charge is -2.44. The van der Waals surface area contributed by atoms with Gasteiger partial charge in [-0.3, -0.25) is 14.4 Å². The molecule has 39 heteroatoms. The van der Waals surface area contributed by atoms with Crippen LogP contribution < -0.4 is 30.1 Å². The van der Waals surface area contributed by atoms with Gasteiger partial charge >= 0.3 is 5.97 Å². The van der Waals surface area contributed by atoms with Gasteiger partial charge in [0.05, 0.1) is 344 Å². The van der Waals surface area contributed by atoms with Gasteiger partial charge in [0.1, 0.15) is 24.1 Å². The Bertz CT molecular complexity index is 3820. The molecule has 1 N–H and O–H groups in total. The number of benzene rings is 2. The third-order valence-corrected chi connectivity index (χ3v) is 21.1. The monoisotopic (exact) mass is 1880 g/mol. The average Bonchev–Trinajstić information content (AvgIpc) is 0.965. The van der Waals surface area contributed by atoms with E-state index in [0.29, 0.717) is 425 Å². The highest BCUT2D eigenvalue weighted by molar-refractivity contribution is 7.86. The first-order valence-electron chi connectivity index (χ1n) is 46.2. The topological polar surface area (TPSA) is 411 Å². The van der Waals surface area contributed by atoms with E-state index in [1.54, 1.807) is 13.2 Å². The molecule has 1 fully saturated rings. The van der Waals surface area contributed by atoms with Gasteiger partial charge in [0.2, 0.25) is 11.3 Å². The van der Waals surface area contributed by atoms with Crippen LogP contribution in [0.3, 0.4) is 0 Å². The highest BCUT2D eigenvalue weighted by Gasteiger charge is 2.39. The molecule has 0 radical (unpaired) electrons. The Hall–Kier alpha value is -6.29. The Balaban J connectivity index is 0.635. The lowest BCUT2D eigenvalue weighted by Crippen LogP contribution is -2.50. The lowest BCUT2D eigenvalue weighted by atomic mass is 9.85. The van der Waals surface area contributed by atoms with Crippen molar-refractivity contribution in [2.45, 2.75) is 116 Å². The van der Waals surface area contributed by atoms with E-state index in [-0.39, 0.29) is 25.2 Å². The summed E-state index contributed by atoms with van der Waals surface area (Å²) < 4.78 is 179. The molecule has 0 saturated carbocycles. The smallest absolute Gasteiger partial charge is 0.333 e. The fraction of sp³-hybridized carbons (Fsp3) is 0.761. The highest BCUT2D eigenvalue weighted by atomic mass is 32.2. The molecule has 0 aliphatic carbocycles. The van der Waals surface area contributed by atoms with Gasteiger partial charge in [-0.2, -0.15) is 5.26 Å². The molecule has 4 aliphatic rings. The molecule has 4 aliphatic heterocycles. The number of nitrogens with one attached hydrogen (secondary N) is 1. The molecule has 38 nitrogen and oxygen atoms in total. The zero-order chi connectivity index (χ0) is 93.8. The summed E-state index contributed by atoms with van der Waals surface area (Å²) in [5, 5.41) is 15.9. The number of allylic oxidation sites excluding steroid dienone is 1. The van der Waals surface area contributed by atoms with E-state index in [2.05, 4.69) is 47.7 Å². The summed E-state index contributed by atoms with van der Waals surface area (Å²) in [6.45, 7) is 33.7.